The number of ether oxygens (including phenoxy) is 1. The third kappa shape index (κ3) is 2.20. The molecule has 0 aliphatic carbocycles. The van der Waals surface area contributed by atoms with Crippen molar-refractivity contribution in [2.24, 2.45) is 7.05 Å². The minimum absolute atomic E-state index is 0.0129. The molecule has 16 heavy (non-hydrogen) atoms. The molecule has 0 radical (unpaired) electrons. The van der Waals surface area contributed by atoms with Crippen LogP contribution >= 0.6 is 0 Å². The summed E-state index contributed by atoms with van der Waals surface area (Å²) < 4.78 is 7.21. The van der Waals surface area contributed by atoms with Gasteiger partial charge in [0.25, 0.3) is 0 Å². The van der Waals surface area contributed by atoms with Gasteiger partial charge in [-0.25, -0.2) is 4.98 Å². The van der Waals surface area contributed by atoms with Crippen LogP contribution in [0.4, 0.5) is 0 Å². The lowest BCUT2D eigenvalue weighted by atomic mass is 10.2. The highest BCUT2D eigenvalue weighted by molar-refractivity contribution is 5.31. The molecule has 0 aromatic carbocycles. The maximum atomic E-state index is 8.95. The highest BCUT2D eigenvalue weighted by Crippen LogP contribution is 2.22. The number of hydrogen-bond acceptors (Lipinski definition) is 4. The summed E-state index contributed by atoms with van der Waals surface area (Å²) in [4.78, 5) is 4.13. The van der Waals surface area contributed by atoms with E-state index < -0.39 is 0 Å². The van der Waals surface area contributed by atoms with Crippen molar-refractivity contribution < 1.29 is 9.84 Å². The molecule has 1 N–H and O–H groups in total. The number of aliphatic hydroxyl groups excluding tert-OH is 1. The number of aliphatic hydroxyl groups is 1. The summed E-state index contributed by atoms with van der Waals surface area (Å²) in [5.41, 5.74) is 1.66. The molecule has 0 saturated heterocycles. The molecule has 2 aromatic heterocycles. The molecule has 0 unspecified atom stereocenters. The van der Waals surface area contributed by atoms with Crippen molar-refractivity contribution in [3.63, 3.8) is 0 Å². The van der Waals surface area contributed by atoms with Crippen LogP contribution in [-0.2, 0) is 13.7 Å². The van der Waals surface area contributed by atoms with E-state index in [2.05, 4.69) is 10.1 Å². The predicted octanol–water partition coefficient (Wildman–Crippen LogP) is 1.41. The van der Waals surface area contributed by atoms with Crippen LogP contribution in [0, 0.1) is 6.92 Å². The second kappa shape index (κ2) is 4.32. The molecule has 0 aliphatic rings. The van der Waals surface area contributed by atoms with Crippen LogP contribution in [0.1, 0.15) is 11.1 Å². The van der Waals surface area contributed by atoms with Gasteiger partial charge in [-0.3, -0.25) is 4.68 Å². The Bertz CT molecular complexity index is 494. The van der Waals surface area contributed by atoms with Crippen LogP contribution in [0.3, 0.4) is 0 Å². The average Bonchev–Trinajstić information content (AvgIpc) is 2.67. The fourth-order valence-corrected chi connectivity index (χ4v) is 1.38. The highest BCUT2D eigenvalue weighted by atomic mass is 16.5. The van der Waals surface area contributed by atoms with E-state index in [-0.39, 0.29) is 6.61 Å². The average molecular weight is 219 g/mol. The SMILES string of the molecule is Cc1cc(CO)cnc1Oc1cnn(C)c1. The van der Waals surface area contributed by atoms with E-state index in [4.69, 9.17) is 9.84 Å². The number of hydrogen-bond donors (Lipinski definition) is 1. The molecule has 0 bridgehead atoms. The first-order valence-corrected chi connectivity index (χ1v) is 4.92. The molecule has 0 spiro atoms. The first-order chi connectivity index (χ1) is 7.69. The fraction of sp³-hybridized carbons (Fsp3) is 0.273. The second-order valence-corrected chi connectivity index (χ2v) is 3.58. The molecule has 84 valence electrons. The third-order valence-electron chi connectivity index (χ3n) is 2.17. The molecule has 0 fully saturated rings. The van der Waals surface area contributed by atoms with E-state index in [1.807, 2.05) is 20.0 Å². The molecule has 2 aromatic rings. The van der Waals surface area contributed by atoms with Gasteiger partial charge < -0.3 is 9.84 Å². The summed E-state index contributed by atoms with van der Waals surface area (Å²) in [5.74, 6) is 1.18. The monoisotopic (exact) mass is 219 g/mol. The van der Waals surface area contributed by atoms with Crippen molar-refractivity contribution in [2.75, 3.05) is 0 Å². The Morgan fingerprint density at radius 1 is 1.44 bits per heavy atom. The van der Waals surface area contributed by atoms with Crippen molar-refractivity contribution in [2.45, 2.75) is 13.5 Å². The summed E-state index contributed by atoms with van der Waals surface area (Å²) in [5, 5.41) is 13.0. The molecule has 2 heterocycles. The molecular formula is C11H13N3O2. The molecular weight excluding hydrogens is 206 g/mol. The highest BCUT2D eigenvalue weighted by Gasteiger charge is 2.05. The fourth-order valence-electron chi connectivity index (χ4n) is 1.38. The van der Waals surface area contributed by atoms with Crippen molar-refractivity contribution >= 4 is 0 Å². The molecule has 0 atom stereocenters. The van der Waals surface area contributed by atoms with Crippen LogP contribution in [0.2, 0.25) is 0 Å². The van der Waals surface area contributed by atoms with Crippen LogP contribution in [0.25, 0.3) is 0 Å². The van der Waals surface area contributed by atoms with Crippen molar-refractivity contribution in [1.82, 2.24) is 14.8 Å². The normalized spacial score (nSPS) is 10.4. The molecule has 5 nitrogen and oxygen atoms in total. The lowest BCUT2D eigenvalue weighted by molar-refractivity contribution is 0.281. The Kier molecular flexibility index (Phi) is 2.87. The first-order valence-electron chi connectivity index (χ1n) is 4.92. The third-order valence-corrected chi connectivity index (χ3v) is 2.17. The van der Waals surface area contributed by atoms with Crippen molar-refractivity contribution in [3.05, 3.63) is 35.8 Å². The summed E-state index contributed by atoms with van der Waals surface area (Å²) >= 11 is 0. The molecule has 5 heteroatoms. The Hall–Kier alpha value is -1.88. The van der Waals surface area contributed by atoms with E-state index in [1.54, 1.807) is 23.3 Å². The number of aryl methyl sites for hydroxylation is 2. The summed E-state index contributed by atoms with van der Waals surface area (Å²) in [6, 6.07) is 1.85. The van der Waals surface area contributed by atoms with E-state index in [0.717, 1.165) is 11.1 Å². The standard InChI is InChI=1S/C11H13N3O2/c1-8-3-9(7-15)4-12-11(8)16-10-5-13-14(2)6-10/h3-6,15H,7H2,1-2H3. The number of pyridine rings is 1. The molecule has 0 saturated carbocycles. The first kappa shape index (κ1) is 10.6. The summed E-state index contributed by atoms with van der Waals surface area (Å²) in [6.07, 6.45) is 4.99. The Labute approximate surface area is 93.3 Å². The zero-order valence-electron chi connectivity index (χ0n) is 9.21. The number of rotatable bonds is 3. The Morgan fingerprint density at radius 2 is 2.25 bits per heavy atom. The Morgan fingerprint density at radius 3 is 2.81 bits per heavy atom. The van der Waals surface area contributed by atoms with Crippen molar-refractivity contribution in [1.29, 1.82) is 0 Å². The zero-order chi connectivity index (χ0) is 11.5. The van der Waals surface area contributed by atoms with Gasteiger partial charge in [-0.1, -0.05) is 0 Å². The molecule has 0 aliphatic heterocycles. The van der Waals surface area contributed by atoms with E-state index >= 15 is 0 Å². The van der Waals surface area contributed by atoms with Gasteiger partial charge in [-0.2, -0.15) is 5.10 Å². The van der Waals surface area contributed by atoms with Crippen LogP contribution in [-0.4, -0.2) is 19.9 Å². The Balaban J connectivity index is 2.21. The number of aromatic nitrogens is 3. The van der Waals surface area contributed by atoms with Gasteiger partial charge in [-0.05, 0) is 18.6 Å². The molecule has 2 rings (SSSR count). The second-order valence-electron chi connectivity index (χ2n) is 3.58. The van der Waals surface area contributed by atoms with Gasteiger partial charge in [-0.15, -0.1) is 0 Å². The molecule has 0 amide bonds. The maximum Gasteiger partial charge on any atom is 0.222 e. The minimum Gasteiger partial charge on any atom is -0.435 e. The van der Waals surface area contributed by atoms with Gasteiger partial charge in [0.2, 0.25) is 5.88 Å². The van der Waals surface area contributed by atoms with Gasteiger partial charge in [0.15, 0.2) is 5.75 Å². The lowest BCUT2D eigenvalue weighted by Crippen LogP contribution is -1.93. The van der Waals surface area contributed by atoms with Gasteiger partial charge in [0.05, 0.1) is 19.0 Å². The van der Waals surface area contributed by atoms with Crippen LogP contribution in [0.15, 0.2) is 24.7 Å². The van der Waals surface area contributed by atoms with Gasteiger partial charge in [0, 0.05) is 18.8 Å². The predicted molar refractivity (Wildman–Crippen MR) is 58.2 cm³/mol. The lowest BCUT2D eigenvalue weighted by Gasteiger charge is -2.06. The maximum absolute atomic E-state index is 8.95. The van der Waals surface area contributed by atoms with Crippen LogP contribution < -0.4 is 4.74 Å². The number of nitrogens with zero attached hydrogens (tertiary/aromatic N) is 3. The van der Waals surface area contributed by atoms with Crippen molar-refractivity contribution in [3.8, 4) is 11.6 Å². The smallest absolute Gasteiger partial charge is 0.222 e. The van der Waals surface area contributed by atoms with E-state index in [0.29, 0.717) is 11.6 Å². The summed E-state index contributed by atoms with van der Waals surface area (Å²) in [7, 11) is 1.82. The largest absolute Gasteiger partial charge is 0.435 e. The summed E-state index contributed by atoms with van der Waals surface area (Å²) in [6.45, 7) is 1.87. The van der Waals surface area contributed by atoms with Gasteiger partial charge >= 0.3 is 0 Å². The topological polar surface area (TPSA) is 60.2 Å². The van der Waals surface area contributed by atoms with E-state index in [9.17, 15) is 0 Å². The van der Waals surface area contributed by atoms with Gasteiger partial charge in [0.1, 0.15) is 0 Å². The quantitative estimate of drug-likeness (QED) is 0.847. The zero-order valence-corrected chi connectivity index (χ0v) is 9.21. The minimum atomic E-state index is -0.0129. The van der Waals surface area contributed by atoms with Crippen LogP contribution in [0.5, 0.6) is 11.6 Å². The van der Waals surface area contributed by atoms with E-state index in [1.165, 1.54) is 0 Å².